The van der Waals surface area contributed by atoms with Crippen molar-refractivity contribution in [3.05, 3.63) is 24.3 Å². The molecule has 2 heterocycles. The van der Waals surface area contributed by atoms with Crippen molar-refractivity contribution in [2.45, 2.75) is 57.7 Å². The Hall–Kier alpha value is -1.73. The maximum atomic E-state index is 12.5. The molecule has 1 saturated heterocycles. The number of nitrogens with zero attached hydrogens (tertiary/aromatic N) is 4. The van der Waals surface area contributed by atoms with Crippen LogP contribution in [0.3, 0.4) is 0 Å². The van der Waals surface area contributed by atoms with E-state index in [2.05, 4.69) is 26.4 Å². The number of carbonyl (C=O) groups is 1. The average molecular weight is 347 g/mol. The Bertz CT molecular complexity index is 572. The average Bonchev–Trinajstić information content (AvgIpc) is 3.15. The standard InChI is InChI=1S/C18H29N5O2/c1-15(18(24)20-8-7-16-5-3-2-4-6-16)22-9-10-25-17(11-22)12-23-14-19-13-21-23/h5,13-15,17H,2-4,6-12H2,1H3,(H,20,24)/t15-,17-/m1/s1. The van der Waals surface area contributed by atoms with Gasteiger partial charge in [-0.15, -0.1) is 0 Å². The summed E-state index contributed by atoms with van der Waals surface area (Å²) in [6, 6.07) is -0.137. The Morgan fingerprint density at radius 1 is 1.48 bits per heavy atom. The van der Waals surface area contributed by atoms with E-state index in [-0.39, 0.29) is 18.1 Å². The molecule has 0 spiro atoms. The Morgan fingerprint density at radius 2 is 2.40 bits per heavy atom. The molecule has 1 aromatic heterocycles. The van der Waals surface area contributed by atoms with Gasteiger partial charge < -0.3 is 10.1 Å². The summed E-state index contributed by atoms with van der Waals surface area (Å²) in [6.45, 7) is 5.55. The molecule has 3 rings (SSSR count). The van der Waals surface area contributed by atoms with E-state index < -0.39 is 0 Å². The largest absolute Gasteiger partial charge is 0.374 e. The third-order valence-electron chi connectivity index (χ3n) is 5.09. The number of ether oxygens (including phenoxy) is 1. The molecular formula is C18H29N5O2. The highest BCUT2D eigenvalue weighted by Crippen LogP contribution is 2.19. The first-order chi connectivity index (χ1) is 12.2. The summed E-state index contributed by atoms with van der Waals surface area (Å²) >= 11 is 0. The second kappa shape index (κ2) is 9.10. The molecule has 0 unspecified atom stereocenters. The molecule has 25 heavy (non-hydrogen) atoms. The number of carbonyl (C=O) groups excluding carboxylic acids is 1. The predicted octanol–water partition coefficient (Wildman–Crippen LogP) is 1.37. The van der Waals surface area contributed by atoms with Crippen molar-refractivity contribution in [2.24, 2.45) is 0 Å². The first kappa shape index (κ1) is 18.1. The fraction of sp³-hybridized carbons (Fsp3) is 0.722. The molecule has 7 nitrogen and oxygen atoms in total. The number of morpholine rings is 1. The highest BCUT2D eigenvalue weighted by Gasteiger charge is 2.28. The van der Waals surface area contributed by atoms with Crippen LogP contribution in [0.2, 0.25) is 0 Å². The Labute approximate surface area is 149 Å². The highest BCUT2D eigenvalue weighted by atomic mass is 16.5. The molecule has 0 radical (unpaired) electrons. The number of rotatable bonds is 7. The lowest BCUT2D eigenvalue weighted by Gasteiger charge is -2.36. The number of allylic oxidation sites excluding steroid dienone is 1. The lowest BCUT2D eigenvalue weighted by molar-refractivity contribution is -0.129. The van der Waals surface area contributed by atoms with Crippen LogP contribution in [-0.4, -0.2) is 64.0 Å². The van der Waals surface area contributed by atoms with Crippen LogP contribution in [-0.2, 0) is 16.1 Å². The van der Waals surface area contributed by atoms with Crippen LogP contribution >= 0.6 is 0 Å². The summed E-state index contributed by atoms with van der Waals surface area (Å²) in [5, 5.41) is 7.22. The third kappa shape index (κ3) is 5.37. The molecule has 2 atom stereocenters. The minimum Gasteiger partial charge on any atom is -0.374 e. The zero-order chi connectivity index (χ0) is 17.5. The first-order valence-electron chi connectivity index (χ1n) is 9.36. The van der Waals surface area contributed by atoms with Crippen LogP contribution in [0.1, 0.15) is 39.0 Å². The van der Waals surface area contributed by atoms with Gasteiger partial charge in [0.05, 0.1) is 25.3 Å². The molecule has 2 aliphatic rings. The summed E-state index contributed by atoms with van der Waals surface area (Å²) in [5.74, 6) is 0.109. The second-order valence-corrected chi connectivity index (χ2v) is 6.93. The molecule has 1 N–H and O–H groups in total. The maximum Gasteiger partial charge on any atom is 0.237 e. The number of amides is 1. The normalized spacial score (nSPS) is 23.1. The van der Waals surface area contributed by atoms with E-state index in [1.54, 1.807) is 11.0 Å². The highest BCUT2D eigenvalue weighted by molar-refractivity contribution is 5.81. The minimum absolute atomic E-state index is 0.0399. The van der Waals surface area contributed by atoms with Crippen molar-refractivity contribution < 1.29 is 9.53 Å². The molecule has 0 aromatic carbocycles. The summed E-state index contributed by atoms with van der Waals surface area (Å²) < 4.78 is 7.58. The van der Waals surface area contributed by atoms with Gasteiger partial charge in [0.15, 0.2) is 0 Å². The van der Waals surface area contributed by atoms with Crippen LogP contribution in [0.15, 0.2) is 24.3 Å². The maximum absolute atomic E-state index is 12.5. The number of hydrogen-bond acceptors (Lipinski definition) is 5. The van der Waals surface area contributed by atoms with E-state index in [1.165, 1.54) is 37.6 Å². The van der Waals surface area contributed by atoms with Gasteiger partial charge in [-0.25, -0.2) is 4.98 Å². The summed E-state index contributed by atoms with van der Waals surface area (Å²) in [5.41, 5.74) is 1.50. The van der Waals surface area contributed by atoms with E-state index >= 15 is 0 Å². The van der Waals surface area contributed by atoms with Gasteiger partial charge in [-0.2, -0.15) is 5.10 Å². The molecule has 1 fully saturated rings. The SMILES string of the molecule is C[C@H](C(=O)NCCC1=CCCCC1)N1CCO[C@@H](Cn2cncn2)C1. The quantitative estimate of drug-likeness (QED) is 0.755. The number of aromatic nitrogens is 3. The fourth-order valence-electron chi connectivity index (χ4n) is 3.53. The van der Waals surface area contributed by atoms with E-state index in [4.69, 9.17) is 4.74 Å². The first-order valence-corrected chi connectivity index (χ1v) is 9.36. The van der Waals surface area contributed by atoms with Gasteiger partial charge >= 0.3 is 0 Å². The molecule has 0 bridgehead atoms. The Morgan fingerprint density at radius 3 is 3.16 bits per heavy atom. The van der Waals surface area contributed by atoms with Crippen molar-refractivity contribution in [1.82, 2.24) is 25.0 Å². The number of hydrogen-bond donors (Lipinski definition) is 1. The van der Waals surface area contributed by atoms with Gasteiger partial charge in [-0.3, -0.25) is 14.4 Å². The van der Waals surface area contributed by atoms with E-state index in [9.17, 15) is 4.79 Å². The fourth-order valence-corrected chi connectivity index (χ4v) is 3.53. The van der Waals surface area contributed by atoms with E-state index in [0.717, 1.165) is 26.1 Å². The van der Waals surface area contributed by atoms with Crippen molar-refractivity contribution in [1.29, 1.82) is 0 Å². The van der Waals surface area contributed by atoms with Crippen molar-refractivity contribution >= 4 is 5.91 Å². The Balaban J connectivity index is 1.42. The topological polar surface area (TPSA) is 72.3 Å². The Kier molecular flexibility index (Phi) is 6.58. The molecule has 1 amide bonds. The second-order valence-electron chi connectivity index (χ2n) is 6.93. The zero-order valence-electron chi connectivity index (χ0n) is 15.1. The van der Waals surface area contributed by atoms with Gasteiger partial charge in [-0.1, -0.05) is 11.6 Å². The zero-order valence-corrected chi connectivity index (χ0v) is 15.1. The lowest BCUT2D eigenvalue weighted by atomic mass is 9.97. The minimum atomic E-state index is -0.137. The van der Waals surface area contributed by atoms with Crippen molar-refractivity contribution in [2.75, 3.05) is 26.2 Å². The smallest absolute Gasteiger partial charge is 0.237 e. The van der Waals surface area contributed by atoms with Crippen molar-refractivity contribution in [3.8, 4) is 0 Å². The van der Waals surface area contributed by atoms with Crippen molar-refractivity contribution in [3.63, 3.8) is 0 Å². The molecule has 138 valence electrons. The summed E-state index contributed by atoms with van der Waals surface area (Å²) in [4.78, 5) is 18.6. The van der Waals surface area contributed by atoms with Crippen LogP contribution in [0.25, 0.3) is 0 Å². The van der Waals surface area contributed by atoms with E-state index in [1.807, 2.05) is 6.92 Å². The predicted molar refractivity (Wildman–Crippen MR) is 95.0 cm³/mol. The molecule has 1 aromatic rings. The van der Waals surface area contributed by atoms with Gasteiger partial charge in [0.1, 0.15) is 12.7 Å². The van der Waals surface area contributed by atoms with Crippen LogP contribution in [0, 0.1) is 0 Å². The molecule has 0 saturated carbocycles. The lowest BCUT2D eigenvalue weighted by Crippen LogP contribution is -2.53. The molecule has 7 heteroatoms. The third-order valence-corrected chi connectivity index (χ3v) is 5.09. The van der Waals surface area contributed by atoms with Crippen LogP contribution in [0.5, 0.6) is 0 Å². The number of nitrogens with one attached hydrogen (secondary N) is 1. The van der Waals surface area contributed by atoms with Gasteiger partial charge in [0, 0.05) is 19.6 Å². The van der Waals surface area contributed by atoms with Gasteiger partial charge in [0.25, 0.3) is 0 Å². The monoisotopic (exact) mass is 347 g/mol. The van der Waals surface area contributed by atoms with Crippen LogP contribution < -0.4 is 5.32 Å². The molecular weight excluding hydrogens is 318 g/mol. The van der Waals surface area contributed by atoms with Gasteiger partial charge in [-0.05, 0) is 39.0 Å². The van der Waals surface area contributed by atoms with Gasteiger partial charge in [0.2, 0.25) is 5.91 Å². The van der Waals surface area contributed by atoms with Crippen LogP contribution in [0.4, 0.5) is 0 Å². The summed E-state index contributed by atoms with van der Waals surface area (Å²) in [6.07, 6.45) is 11.6. The molecule has 1 aliphatic carbocycles. The summed E-state index contributed by atoms with van der Waals surface area (Å²) in [7, 11) is 0. The van der Waals surface area contributed by atoms with E-state index in [0.29, 0.717) is 13.2 Å². The molecule has 1 aliphatic heterocycles.